The van der Waals surface area contributed by atoms with Crippen molar-refractivity contribution in [1.82, 2.24) is 45.8 Å². The third-order valence-electron chi connectivity index (χ3n) is 11.9. The average molecular weight is 870 g/mol. The maximum atomic E-state index is 12.1. The third kappa shape index (κ3) is 9.43. The Labute approximate surface area is 379 Å². The predicted molar refractivity (Wildman–Crippen MR) is 260 cm³/mol. The molecule has 0 unspecified atom stereocenters. The number of hydrogen-bond acceptors (Lipinski definition) is 9. The summed E-state index contributed by atoms with van der Waals surface area (Å²) < 4.78 is 0. The summed E-state index contributed by atoms with van der Waals surface area (Å²) in [5.74, 6) is 0.511. The van der Waals surface area contributed by atoms with Crippen molar-refractivity contribution in [3.8, 4) is 45.2 Å². The normalized spacial score (nSPS) is 12.5. The number of benzene rings is 6. The largest absolute Gasteiger partial charge is 0.507 e. The van der Waals surface area contributed by atoms with Crippen molar-refractivity contribution in [3.05, 3.63) is 131 Å². The standard InChI is InChI=1S/C41H50N6O2.C12H9N3O/c1-38(2,3)22-40(7,8)26-18-24(36(48)30(20-26)28-13-11-15-32-34(28)44-46-42-32)17-25-19-27(41(9,10)23-39(4,5)6)21-31(37(25)49)29-14-12-16-33-35(29)45-47-43-33;16-12-8-4-3-7-11(12)15-13-9-5-1-2-6-10(9)14-15/h11-16,18-21,48-49H,17,22-23H2,1-10H3,(H,42,44,46)(H,43,45,47);1-8,16H. The Morgan fingerprint density at radius 1 is 0.462 bits per heavy atom. The number of hydrogen-bond donors (Lipinski definition) is 5. The van der Waals surface area contributed by atoms with E-state index in [1.54, 1.807) is 18.2 Å². The molecule has 3 heterocycles. The minimum Gasteiger partial charge on any atom is -0.507 e. The highest BCUT2D eigenvalue weighted by molar-refractivity contribution is 5.95. The van der Waals surface area contributed by atoms with E-state index in [0.717, 1.165) is 68.3 Å². The zero-order chi connectivity index (χ0) is 46.5. The van der Waals surface area contributed by atoms with Gasteiger partial charge in [-0.25, -0.2) is 0 Å². The van der Waals surface area contributed by atoms with Crippen LogP contribution in [0.3, 0.4) is 0 Å². The van der Waals surface area contributed by atoms with Crippen molar-refractivity contribution in [1.29, 1.82) is 0 Å². The van der Waals surface area contributed by atoms with Gasteiger partial charge in [0.15, 0.2) is 0 Å². The first-order valence-electron chi connectivity index (χ1n) is 22.1. The van der Waals surface area contributed by atoms with E-state index in [1.807, 2.05) is 66.7 Å². The van der Waals surface area contributed by atoms with Crippen LogP contribution in [0.4, 0.5) is 0 Å². The van der Waals surface area contributed by atoms with Gasteiger partial charge >= 0.3 is 0 Å². The Balaban J connectivity index is 0.000000299. The van der Waals surface area contributed by atoms with Crippen LogP contribution in [0.1, 0.15) is 104 Å². The molecule has 0 bridgehead atoms. The van der Waals surface area contributed by atoms with E-state index < -0.39 is 0 Å². The van der Waals surface area contributed by atoms with Crippen LogP contribution in [0, 0.1) is 10.8 Å². The van der Waals surface area contributed by atoms with E-state index in [-0.39, 0.29) is 38.9 Å². The Morgan fingerprint density at radius 2 is 0.877 bits per heavy atom. The molecule has 0 spiro atoms. The minimum atomic E-state index is -0.209. The number of aromatic nitrogens is 9. The van der Waals surface area contributed by atoms with Gasteiger partial charge in [-0.15, -0.1) is 15.0 Å². The molecule has 0 saturated heterocycles. The fourth-order valence-corrected chi connectivity index (χ4v) is 9.68. The molecule has 0 fully saturated rings. The lowest BCUT2D eigenvalue weighted by Crippen LogP contribution is -2.25. The fourth-order valence-electron chi connectivity index (χ4n) is 9.68. The average Bonchev–Trinajstić information content (AvgIpc) is 4.01. The van der Waals surface area contributed by atoms with Gasteiger partial charge in [0, 0.05) is 28.7 Å². The Kier molecular flexibility index (Phi) is 11.5. The molecule has 0 aliphatic carbocycles. The summed E-state index contributed by atoms with van der Waals surface area (Å²) >= 11 is 0. The molecule has 9 rings (SSSR count). The number of H-pyrrole nitrogens is 2. The van der Waals surface area contributed by atoms with Crippen molar-refractivity contribution < 1.29 is 15.3 Å². The van der Waals surface area contributed by atoms with Crippen molar-refractivity contribution in [3.63, 3.8) is 0 Å². The molecule has 65 heavy (non-hydrogen) atoms. The summed E-state index contributed by atoms with van der Waals surface area (Å²) in [7, 11) is 0. The van der Waals surface area contributed by atoms with E-state index in [4.69, 9.17) is 0 Å². The first-order valence-corrected chi connectivity index (χ1v) is 22.1. The summed E-state index contributed by atoms with van der Waals surface area (Å²) in [5, 5.41) is 65.5. The highest BCUT2D eigenvalue weighted by Crippen LogP contribution is 2.47. The van der Waals surface area contributed by atoms with E-state index in [0.29, 0.717) is 34.3 Å². The van der Waals surface area contributed by atoms with Gasteiger partial charge in [-0.1, -0.05) is 130 Å². The molecule has 0 amide bonds. The summed E-state index contributed by atoms with van der Waals surface area (Å²) in [6, 6.07) is 34.7. The lowest BCUT2D eigenvalue weighted by molar-refractivity contribution is 0.283. The number of nitrogens with one attached hydrogen (secondary N) is 2. The van der Waals surface area contributed by atoms with Crippen molar-refractivity contribution in [2.24, 2.45) is 10.8 Å². The molecular weight excluding hydrogens is 811 g/mol. The maximum Gasteiger partial charge on any atom is 0.143 e. The lowest BCUT2D eigenvalue weighted by Gasteiger charge is -2.34. The molecule has 9 aromatic rings. The first-order chi connectivity index (χ1) is 30.7. The Morgan fingerprint density at radius 3 is 1.31 bits per heavy atom. The number of nitrogens with zero attached hydrogens (tertiary/aromatic N) is 7. The number of aromatic amines is 2. The number of phenolic OH excluding ortho intramolecular Hbond substituents is 3. The molecule has 12 heteroatoms. The van der Waals surface area contributed by atoms with E-state index in [2.05, 4.69) is 135 Å². The molecular formula is C53H59N9O3. The van der Waals surface area contributed by atoms with Crippen LogP contribution in [0.15, 0.2) is 109 Å². The molecule has 0 aliphatic heterocycles. The van der Waals surface area contributed by atoms with E-state index in [9.17, 15) is 15.3 Å². The van der Waals surface area contributed by atoms with Crippen molar-refractivity contribution >= 4 is 33.1 Å². The first kappa shape index (κ1) is 44.5. The van der Waals surface area contributed by atoms with E-state index in [1.165, 1.54) is 4.80 Å². The molecule has 3 aromatic heterocycles. The molecule has 0 radical (unpaired) electrons. The van der Waals surface area contributed by atoms with Gasteiger partial charge < -0.3 is 15.3 Å². The molecule has 0 atom stereocenters. The van der Waals surface area contributed by atoms with Crippen LogP contribution >= 0.6 is 0 Å². The quantitative estimate of drug-likeness (QED) is 0.0945. The topological polar surface area (TPSA) is 175 Å². The summed E-state index contributed by atoms with van der Waals surface area (Å²) in [5.41, 5.74) is 11.5. The van der Waals surface area contributed by atoms with Crippen LogP contribution in [0.25, 0.3) is 61.0 Å². The van der Waals surface area contributed by atoms with Crippen LogP contribution in [0.5, 0.6) is 17.2 Å². The molecule has 6 aromatic carbocycles. The fraction of sp³-hybridized carbons (Fsp3) is 0.321. The summed E-state index contributed by atoms with van der Waals surface area (Å²) in [4.78, 5) is 1.44. The predicted octanol–water partition coefficient (Wildman–Crippen LogP) is 12.1. The van der Waals surface area contributed by atoms with Gasteiger partial charge in [-0.3, -0.25) is 0 Å². The smallest absolute Gasteiger partial charge is 0.143 e. The second kappa shape index (κ2) is 16.8. The van der Waals surface area contributed by atoms with Gasteiger partial charge in [-0.2, -0.15) is 30.8 Å². The Bertz CT molecular complexity index is 2970. The van der Waals surface area contributed by atoms with Crippen LogP contribution < -0.4 is 0 Å². The number of aromatic hydroxyl groups is 3. The van der Waals surface area contributed by atoms with Gasteiger partial charge in [0.25, 0.3) is 0 Å². The highest BCUT2D eigenvalue weighted by atomic mass is 16.3. The van der Waals surface area contributed by atoms with Gasteiger partial charge in [0.1, 0.15) is 56.0 Å². The van der Waals surface area contributed by atoms with Gasteiger partial charge in [0.05, 0.1) is 0 Å². The lowest BCUT2D eigenvalue weighted by atomic mass is 9.71. The molecule has 5 N–H and O–H groups in total. The van der Waals surface area contributed by atoms with Gasteiger partial charge in [0.2, 0.25) is 0 Å². The monoisotopic (exact) mass is 869 g/mol. The second-order valence-corrected chi connectivity index (χ2v) is 20.9. The number of phenols is 3. The van der Waals surface area contributed by atoms with Crippen LogP contribution in [0.2, 0.25) is 0 Å². The van der Waals surface area contributed by atoms with Gasteiger partial charge in [-0.05, 0) is 105 Å². The molecule has 0 aliphatic rings. The van der Waals surface area contributed by atoms with Crippen molar-refractivity contribution in [2.45, 2.75) is 99.3 Å². The second-order valence-electron chi connectivity index (χ2n) is 20.9. The Hall–Kier alpha value is -7.08. The molecule has 334 valence electrons. The number of rotatable bonds is 9. The third-order valence-corrected chi connectivity index (χ3v) is 11.9. The zero-order valence-corrected chi connectivity index (χ0v) is 39.0. The summed E-state index contributed by atoms with van der Waals surface area (Å²) in [6.45, 7) is 22.6. The SMILES string of the molecule is CC(C)(C)CC(C)(C)c1cc(Cc2cc(C(C)(C)CC(C)(C)C)cc(-c3cccc4n[nH]nc34)c2O)c(O)c(-c2cccc3n[nH]nc23)c1.Oc1ccccc1-n1nc2ccccc2n1. The number of para-hydroxylation sites is 4. The maximum absolute atomic E-state index is 12.1. The van der Waals surface area contributed by atoms with Crippen LogP contribution in [-0.2, 0) is 17.3 Å². The summed E-state index contributed by atoms with van der Waals surface area (Å²) in [6.07, 6.45) is 2.19. The number of fused-ring (bicyclic) bond motifs is 3. The van der Waals surface area contributed by atoms with E-state index >= 15 is 0 Å². The van der Waals surface area contributed by atoms with Crippen LogP contribution in [-0.4, -0.2) is 61.1 Å². The highest BCUT2D eigenvalue weighted by Gasteiger charge is 2.32. The van der Waals surface area contributed by atoms with Crippen molar-refractivity contribution in [2.75, 3.05) is 0 Å². The molecule has 0 saturated carbocycles. The zero-order valence-electron chi connectivity index (χ0n) is 39.0. The molecule has 12 nitrogen and oxygen atoms in total. The minimum absolute atomic E-state index is 0.0795.